The number of nitrogens with one attached hydrogen (secondary N) is 1. The van der Waals surface area contributed by atoms with Crippen LogP contribution in [0.1, 0.15) is 53.0 Å². The van der Waals surface area contributed by atoms with Crippen molar-refractivity contribution in [3.8, 4) is 5.75 Å². The molecule has 0 radical (unpaired) electrons. The van der Waals surface area contributed by atoms with Crippen molar-refractivity contribution < 1.29 is 9.13 Å². The summed E-state index contributed by atoms with van der Waals surface area (Å²) in [5.74, 6) is 0.383. The Labute approximate surface area is 116 Å². The SMILES string of the molecule is CCC(CC)Oc1cc(F)cc(CNC(C)(C)C)c1. The molecule has 0 aliphatic rings. The average Bonchev–Trinajstić information content (AvgIpc) is 2.32. The monoisotopic (exact) mass is 267 g/mol. The van der Waals surface area contributed by atoms with Gasteiger partial charge >= 0.3 is 0 Å². The van der Waals surface area contributed by atoms with Crippen molar-refractivity contribution in [3.63, 3.8) is 0 Å². The smallest absolute Gasteiger partial charge is 0.127 e. The quantitative estimate of drug-likeness (QED) is 0.830. The zero-order valence-corrected chi connectivity index (χ0v) is 12.7. The van der Waals surface area contributed by atoms with Crippen molar-refractivity contribution in [3.05, 3.63) is 29.6 Å². The Morgan fingerprint density at radius 2 is 1.79 bits per heavy atom. The third kappa shape index (κ3) is 6.06. The normalized spacial score (nSPS) is 11.9. The lowest BCUT2D eigenvalue weighted by Gasteiger charge is -2.21. The fraction of sp³-hybridized carbons (Fsp3) is 0.625. The molecule has 0 bridgehead atoms. The topological polar surface area (TPSA) is 21.3 Å². The van der Waals surface area contributed by atoms with Gasteiger partial charge in [0.15, 0.2) is 0 Å². The van der Waals surface area contributed by atoms with Gasteiger partial charge in [-0.15, -0.1) is 0 Å². The molecule has 0 unspecified atom stereocenters. The van der Waals surface area contributed by atoms with E-state index in [1.54, 1.807) is 6.07 Å². The van der Waals surface area contributed by atoms with Crippen LogP contribution in [-0.4, -0.2) is 11.6 Å². The summed E-state index contributed by atoms with van der Waals surface area (Å²) in [6.07, 6.45) is 2.02. The van der Waals surface area contributed by atoms with Crippen LogP contribution >= 0.6 is 0 Å². The zero-order chi connectivity index (χ0) is 14.5. The van der Waals surface area contributed by atoms with Crippen molar-refractivity contribution in [2.24, 2.45) is 0 Å². The maximum atomic E-state index is 13.6. The first kappa shape index (κ1) is 16.0. The van der Waals surface area contributed by atoms with E-state index < -0.39 is 0 Å². The summed E-state index contributed by atoms with van der Waals surface area (Å²) >= 11 is 0. The minimum atomic E-state index is -0.242. The Morgan fingerprint density at radius 1 is 1.16 bits per heavy atom. The molecular weight excluding hydrogens is 241 g/mol. The molecule has 108 valence electrons. The van der Waals surface area contributed by atoms with Gasteiger partial charge in [-0.05, 0) is 51.3 Å². The Kier molecular flexibility index (Phi) is 5.80. The third-order valence-corrected chi connectivity index (χ3v) is 2.97. The lowest BCUT2D eigenvalue weighted by atomic mass is 10.1. The van der Waals surface area contributed by atoms with Crippen molar-refractivity contribution in [2.45, 2.75) is 65.6 Å². The van der Waals surface area contributed by atoms with Gasteiger partial charge in [0.05, 0.1) is 6.10 Å². The molecule has 0 heterocycles. The molecule has 1 aromatic carbocycles. The second-order valence-corrected chi connectivity index (χ2v) is 5.96. The number of hydrogen-bond donors (Lipinski definition) is 1. The van der Waals surface area contributed by atoms with Crippen molar-refractivity contribution >= 4 is 0 Å². The average molecular weight is 267 g/mol. The Hall–Kier alpha value is -1.09. The summed E-state index contributed by atoms with van der Waals surface area (Å²) in [5.41, 5.74) is 0.929. The summed E-state index contributed by atoms with van der Waals surface area (Å²) in [6.45, 7) is 11.1. The first-order valence-corrected chi connectivity index (χ1v) is 7.05. The van der Waals surface area contributed by atoms with E-state index in [1.807, 2.05) is 6.07 Å². The van der Waals surface area contributed by atoms with Crippen LogP contribution in [0.2, 0.25) is 0 Å². The second-order valence-electron chi connectivity index (χ2n) is 5.96. The third-order valence-electron chi connectivity index (χ3n) is 2.97. The lowest BCUT2D eigenvalue weighted by Crippen LogP contribution is -2.35. The van der Waals surface area contributed by atoms with Crippen LogP contribution < -0.4 is 10.1 Å². The molecule has 3 heteroatoms. The van der Waals surface area contributed by atoms with Gasteiger partial charge in [-0.3, -0.25) is 0 Å². The highest BCUT2D eigenvalue weighted by Crippen LogP contribution is 2.20. The van der Waals surface area contributed by atoms with E-state index in [0.29, 0.717) is 12.3 Å². The van der Waals surface area contributed by atoms with Crippen LogP contribution in [0, 0.1) is 5.82 Å². The summed E-state index contributed by atoms with van der Waals surface area (Å²) in [4.78, 5) is 0. The van der Waals surface area contributed by atoms with Crippen molar-refractivity contribution in [1.29, 1.82) is 0 Å². The highest BCUT2D eigenvalue weighted by Gasteiger charge is 2.11. The van der Waals surface area contributed by atoms with Crippen LogP contribution in [0.5, 0.6) is 5.75 Å². The molecule has 0 aromatic heterocycles. The van der Waals surface area contributed by atoms with Crippen LogP contribution in [0.25, 0.3) is 0 Å². The molecule has 0 fully saturated rings. The van der Waals surface area contributed by atoms with E-state index in [-0.39, 0.29) is 17.5 Å². The van der Waals surface area contributed by atoms with Crippen molar-refractivity contribution in [1.82, 2.24) is 5.32 Å². The van der Waals surface area contributed by atoms with Gasteiger partial charge in [0.25, 0.3) is 0 Å². The van der Waals surface area contributed by atoms with Gasteiger partial charge in [0, 0.05) is 18.2 Å². The van der Waals surface area contributed by atoms with E-state index in [9.17, 15) is 4.39 Å². The van der Waals surface area contributed by atoms with Gasteiger partial charge in [-0.25, -0.2) is 4.39 Å². The van der Waals surface area contributed by atoms with E-state index in [1.165, 1.54) is 6.07 Å². The summed E-state index contributed by atoms with van der Waals surface area (Å²) in [7, 11) is 0. The van der Waals surface area contributed by atoms with E-state index in [4.69, 9.17) is 4.74 Å². The zero-order valence-electron chi connectivity index (χ0n) is 12.7. The summed E-state index contributed by atoms with van der Waals surface area (Å²) in [6, 6.07) is 4.93. The van der Waals surface area contributed by atoms with Gasteiger partial charge in [0.2, 0.25) is 0 Å². The highest BCUT2D eigenvalue weighted by atomic mass is 19.1. The Morgan fingerprint density at radius 3 is 2.32 bits per heavy atom. The van der Waals surface area contributed by atoms with Crippen LogP contribution in [-0.2, 0) is 6.54 Å². The van der Waals surface area contributed by atoms with Gasteiger partial charge in [-0.1, -0.05) is 13.8 Å². The highest BCUT2D eigenvalue weighted by molar-refractivity contribution is 5.30. The molecule has 0 amide bonds. The maximum Gasteiger partial charge on any atom is 0.127 e. The Balaban J connectivity index is 2.76. The second kappa shape index (κ2) is 6.90. The maximum absolute atomic E-state index is 13.6. The molecule has 1 rings (SSSR count). The van der Waals surface area contributed by atoms with Crippen LogP contribution in [0.4, 0.5) is 4.39 Å². The number of ether oxygens (including phenoxy) is 1. The predicted octanol–water partition coefficient (Wildman–Crippen LogP) is 4.28. The molecule has 19 heavy (non-hydrogen) atoms. The van der Waals surface area contributed by atoms with Crippen LogP contribution in [0.15, 0.2) is 18.2 Å². The molecule has 0 atom stereocenters. The predicted molar refractivity (Wildman–Crippen MR) is 78.0 cm³/mol. The minimum absolute atomic E-state index is 0.0166. The molecule has 0 spiro atoms. The number of rotatable bonds is 6. The fourth-order valence-electron chi connectivity index (χ4n) is 1.81. The molecule has 0 saturated carbocycles. The standard InChI is InChI=1S/C16H26FNO/c1-6-14(7-2)19-15-9-12(8-13(17)10-15)11-18-16(3,4)5/h8-10,14,18H,6-7,11H2,1-5H3. The van der Waals surface area contributed by atoms with Crippen molar-refractivity contribution in [2.75, 3.05) is 0 Å². The Bertz CT molecular complexity index is 394. The number of hydrogen-bond acceptors (Lipinski definition) is 2. The molecular formula is C16H26FNO. The van der Waals surface area contributed by atoms with Crippen LogP contribution in [0.3, 0.4) is 0 Å². The molecule has 1 N–H and O–H groups in total. The number of benzene rings is 1. The molecule has 2 nitrogen and oxygen atoms in total. The van der Waals surface area contributed by atoms with Gasteiger partial charge in [-0.2, -0.15) is 0 Å². The van der Waals surface area contributed by atoms with E-state index >= 15 is 0 Å². The first-order chi connectivity index (χ1) is 8.84. The largest absolute Gasteiger partial charge is 0.490 e. The summed E-state index contributed by atoms with van der Waals surface area (Å²) < 4.78 is 19.4. The lowest BCUT2D eigenvalue weighted by molar-refractivity contribution is 0.192. The number of halogens is 1. The molecule has 0 aliphatic heterocycles. The molecule has 1 aromatic rings. The molecule has 0 saturated heterocycles. The minimum Gasteiger partial charge on any atom is -0.490 e. The molecule has 0 aliphatic carbocycles. The van der Waals surface area contributed by atoms with E-state index in [0.717, 1.165) is 18.4 Å². The summed E-state index contributed by atoms with van der Waals surface area (Å²) in [5, 5.41) is 3.35. The van der Waals surface area contributed by atoms with Gasteiger partial charge < -0.3 is 10.1 Å². The van der Waals surface area contributed by atoms with E-state index in [2.05, 4.69) is 39.9 Å². The first-order valence-electron chi connectivity index (χ1n) is 7.05. The van der Waals surface area contributed by atoms with Gasteiger partial charge in [0.1, 0.15) is 11.6 Å². The fourth-order valence-corrected chi connectivity index (χ4v) is 1.81.